The lowest BCUT2D eigenvalue weighted by Crippen LogP contribution is -2.16. The van der Waals surface area contributed by atoms with Gasteiger partial charge in [-0.05, 0) is 29.7 Å². The molecule has 2 aromatic carbocycles. The Bertz CT molecular complexity index is 671. The first-order valence-corrected chi connectivity index (χ1v) is 5.79. The number of hydrogen-bond donors (Lipinski definition) is 0. The van der Waals surface area contributed by atoms with Gasteiger partial charge >= 0.3 is 6.18 Å². The fourth-order valence-corrected chi connectivity index (χ4v) is 2.38. The fourth-order valence-electron chi connectivity index (χ4n) is 2.38. The lowest BCUT2D eigenvalue weighted by molar-refractivity contribution is -0.137. The second-order valence-corrected chi connectivity index (χ2v) is 4.53. The minimum atomic E-state index is -4.38. The van der Waals surface area contributed by atoms with Crippen molar-refractivity contribution in [1.82, 2.24) is 0 Å². The third kappa shape index (κ3) is 1.93. The van der Waals surface area contributed by atoms with Crippen LogP contribution in [0.1, 0.15) is 32.6 Å². The molecule has 0 bridgehead atoms. The zero-order valence-electron chi connectivity index (χ0n) is 9.79. The number of carbonyl (C=O) groups is 1. The average Bonchev–Trinajstić information content (AvgIpc) is 2.37. The van der Waals surface area contributed by atoms with Crippen LogP contribution >= 0.6 is 0 Å². The highest BCUT2D eigenvalue weighted by Crippen LogP contribution is 2.34. The Labute approximate surface area is 107 Å². The molecule has 0 amide bonds. The van der Waals surface area contributed by atoms with E-state index >= 15 is 0 Å². The van der Waals surface area contributed by atoms with E-state index in [2.05, 4.69) is 0 Å². The number of halogens is 3. The Morgan fingerprint density at radius 3 is 2.32 bits per heavy atom. The molecule has 0 saturated heterocycles. The maximum Gasteiger partial charge on any atom is 0.416 e. The first-order valence-electron chi connectivity index (χ1n) is 5.79. The van der Waals surface area contributed by atoms with Crippen molar-refractivity contribution in [3.63, 3.8) is 0 Å². The Morgan fingerprint density at radius 1 is 0.895 bits per heavy atom. The molecule has 3 rings (SSSR count). The number of hydrogen-bond acceptors (Lipinski definition) is 1. The van der Waals surface area contributed by atoms with E-state index in [9.17, 15) is 18.0 Å². The smallest absolute Gasteiger partial charge is 0.289 e. The van der Waals surface area contributed by atoms with Crippen molar-refractivity contribution in [3.05, 3.63) is 70.3 Å². The molecule has 2 aromatic rings. The Balaban J connectivity index is 2.13. The van der Waals surface area contributed by atoms with E-state index in [1.807, 2.05) is 0 Å². The van der Waals surface area contributed by atoms with Crippen LogP contribution in [-0.4, -0.2) is 5.78 Å². The molecule has 0 N–H and O–H groups in total. The SMILES string of the molecule is O=C1c2ccccc2Cc2cc(C(F)(F)F)ccc21. The van der Waals surface area contributed by atoms with Crippen LogP contribution in [0.4, 0.5) is 13.2 Å². The molecule has 0 radical (unpaired) electrons. The molecule has 0 spiro atoms. The predicted molar refractivity (Wildman–Crippen MR) is 64.1 cm³/mol. The lowest BCUT2D eigenvalue weighted by Gasteiger charge is -2.19. The summed E-state index contributed by atoms with van der Waals surface area (Å²) in [5, 5.41) is 0. The lowest BCUT2D eigenvalue weighted by atomic mass is 9.84. The first-order chi connectivity index (χ1) is 8.97. The van der Waals surface area contributed by atoms with E-state index in [1.54, 1.807) is 24.3 Å². The molecule has 0 saturated carbocycles. The van der Waals surface area contributed by atoms with Crippen LogP contribution in [0.15, 0.2) is 42.5 Å². The minimum Gasteiger partial charge on any atom is -0.289 e. The Kier molecular flexibility index (Phi) is 2.49. The zero-order chi connectivity index (χ0) is 13.6. The number of ketones is 1. The van der Waals surface area contributed by atoms with Gasteiger partial charge in [-0.2, -0.15) is 13.2 Å². The molecule has 0 aromatic heterocycles. The van der Waals surface area contributed by atoms with E-state index in [-0.39, 0.29) is 5.78 Å². The summed E-state index contributed by atoms with van der Waals surface area (Å²) < 4.78 is 38.0. The molecule has 4 heteroatoms. The topological polar surface area (TPSA) is 17.1 Å². The molecule has 96 valence electrons. The average molecular weight is 262 g/mol. The number of carbonyl (C=O) groups excluding carboxylic acids is 1. The fraction of sp³-hybridized carbons (Fsp3) is 0.133. The molecule has 0 heterocycles. The van der Waals surface area contributed by atoms with E-state index in [4.69, 9.17) is 0 Å². The molecular formula is C15H9F3O. The van der Waals surface area contributed by atoms with Crippen LogP contribution < -0.4 is 0 Å². The normalized spacial score (nSPS) is 13.9. The summed E-state index contributed by atoms with van der Waals surface area (Å²) in [6.07, 6.45) is -4.02. The number of fused-ring (bicyclic) bond motifs is 2. The molecule has 0 atom stereocenters. The highest BCUT2D eigenvalue weighted by atomic mass is 19.4. The quantitative estimate of drug-likeness (QED) is 0.601. The summed E-state index contributed by atoms with van der Waals surface area (Å²) in [4.78, 5) is 12.2. The Morgan fingerprint density at radius 2 is 1.58 bits per heavy atom. The Hall–Kier alpha value is -2.10. The molecular weight excluding hydrogens is 253 g/mol. The molecule has 0 unspecified atom stereocenters. The van der Waals surface area contributed by atoms with Gasteiger partial charge in [0, 0.05) is 11.1 Å². The second kappa shape index (κ2) is 3.95. The molecule has 1 nitrogen and oxygen atoms in total. The summed E-state index contributed by atoms with van der Waals surface area (Å²) in [5.41, 5.74) is 1.46. The molecule has 1 aliphatic rings. The second-order valence-electron chi connectivity index (χ2n) is 4.53. The van der Waals surface area contributed by atoms with Gasteiger partial charge in [-0.25, -0.2) is 0 Å². The van der Waals surface area contributed by atoms with Crippen molar-refractivity contribution < 1.29 is 18.0 Å². The maximum absolute atomic E-state index is 12.7. The van der Waals surface area contributed by atoms with Crippen molar-refractivity contribution in [1.29, 1.82) is 0 Å². The van der Waals surface area contributed by atoms with E-state index in [1.165, 1.54) is 6.07 Å². The summed E-state index contributed by atoms with van der Waals surface area (Å²) in [5.74, 6) is -0.203. The van der Waals surface area contributed by atoms with Gasteiger partial charge in [0.1, 0.15) is 0 Å². The number of benzene rings is 2. The number of alkyl halides is 3. The van der Waals surface area contributed by atoms with Crippen LogP contribution in [0, 0.1) is 0 Å². The van der Waals surface area contributed by atoms with Crippen molar-refractivity contribution >= 4 is 5.78 Å². The van der Waals surface area contributed by atoms with Gasteiger partial charge in [-0.3, -0.25) is 4.79 Å². The van der Waals surface area contributed by atoms with Gasteiger partial charge < -0.3 is 0 Å². The predicted octanol–water partition coefficient (Wildman–Crippen LogP) is 3.84. The summed E-state index contributed by atoms with van der Waals surface area (Å²) in [6, 6.07) is 10.3. The van der Waals surface area contributed by atoms with Crippen molar-refractivity contribution in [2.24, 2.45) is 0 Å². The van der Waals surface area contributed by atoms with Crippen LogP contribution in [0.25, 0.3) is 0 Å². The first kappa shape index (κ1) is 12.0. The van der Waals surface area contributed by atoms with Gasteiger partial charge in [0.2, 0.25) is 0 Å². The number of rotatable bonds is 0. The third-order valence-corrected chi connectivity index (χ3v) is 3.32. The van der Waals surface area contributed by atoms with Crippen LogP contribution in [-0.2, 0) is 12.6 Å². The van der Waals surface area contributed by atoms with Gasteiger partial charge in [0.05, 0.1) is 5.56 Å². The largest absolute Gasteiger partial charge is 0.416 e. The summed E-state index contributed by atoms with van der Waals surface area (Å²) in [7, 11) is 0. The molecule has 0 fully saturated rings. The van der Waals surface area contributed by atoms with Crippen molar-refractivity contribution in [2.75, 3.05) is 0 Å². The van der Waals surface area contributed by atoms with Gasteiger partial charge in [0.15, 0.2) is 5.78 Å². The molecule has 19 heavy (non-hydrogen) atoms. The molecule has 0 aliphatic heterocycles. The van der Waals surface area contributed by atoms with Gasteiger partial charge in [-0.15, -0.1) is 0 Å². The monoisotopic (exact) mass is 262 g/mol. The highest BCUT2D eigenvalue weighted by Gasteiger charge is 2.32. The van der Waals surface area contributed by atoms with E-state index in [0.29, 0.717) is 23.1 Å². The van der Waals surface area contributed by atoms with Crippen LogP contribution in [0.2, 0.25) is 0 Å². The summed E-state index contributed by atoms with van der Waals surface area (Å²) >= 11 is 0. The zero-order valence-corrected chi connectivity index (χ0v) is 9.79. The molecule has 1 aliphatic carbocycles. The maximum atomic E-state index is 12.7. The van der Waals surface area contributed by atoms with Crippen molar-refractivity contribution in [3.8, 4) is 0 Å². The van der Waals surface area contributed by atoms with E-state index in [0.717, 1.165) is 17.7 Å². The van der Waals surface area contributed by atoms with Gasteiger partial charge in [0.25, 0.3) is 0 Å². The summed E-state index contributed by atoms with van der Waals surface area (Å²) in [6.45, 7) is 0. The highest BCUT2D eigenvalue weighted by molar-refractivity contribution is 6.12. The van der Waals surface area contributed by atoms with Crippen LogP contribution in [0.5, 0.6) is 0 Å². The van der Waals surface area contributed by atoms with Crippen LogP contribution in [0.3, 0.4) is 0 Å². The standard InChI is InChI=1S/C15H9F3O/c16-15(17,18)11-5-6-13-10(8-11)7-9-3-1-2-4-12(9)14(13)19/h1-6,8H,7H2. The van der Waals surface area contributed by atoms with E-state index < -0.39 is 11.7 Å². The van der Waals surface area contributed by atoms with Gasteiger partial charge in [-0.1, -0.05) is 30.3 Å². The van der Waals surface area contributed by atoms with Crippen molar-refractivity contribution in [2.45, 2.75) is 12.6 Å². The third-order valence-electron chi connectivity index (χ3n) is 3.32. The minimum absolute atomic E-state index is 0.203.